The van der Waals surface area contributed by atoms with Gasteiger partial charge in [0.1, 0.15) is 9.79 Å². The van der Waals surface area contributed by atoms with Gasteiger partial charge in [-0.2, -0.15) is 8.42 Å². The van der Waals surface area contributed by atoms with Gasteiger partial charge in [-0.15, -0.1) is 0 Å². The van der Waals surface area contributed by atoms with Crippen molar-refractivity contribution in [3.8, 4) is 0 Å². The molecule has 0 fully saturated rings. The monoisotopic (exact) mass is 559 g/mol. The molecule has 0 saturated carbocycles. The predicted octanol–water partition coefficient (Wildman–Crippen LogP) is 5.60. The van der Waals surface area contributed by atoms with Crippen LogP contribution in [0.2, 0.25) is 30.1 Å². The van der Waals surface area contributed by atoms with Crippen molar-refractivity contribution in [2.75, 3.05) is 13.2 Å². The third kappa shape index (κ3) is 5.83. The molecule has 0 amide bonds. The molecule has 2 aromatic rings. The Morgan fingerprint density at radius 2 is 1.34 bits per heavy atom. The van der Waals surface area contributed by atoms with E-state index >= 15 is 0 Å². The second-order valence-electron chi connectivity index (χ2n) is 5.48. The van der Waals surface area contributed by atoms with Gasteiger partial charge < -0.3 is 0 Å². The van der Waals surface area contributed by atoms with E-state index in [0.29, 0.717) is 0 Å². The molecule has 0 radical (unpaired) electrons. The van der Waals surface area contributed by atoms with Crippen LogP contribution in [0.5, 0.6) is 0 Å². The van der Waals surface area contributed by atoms with Crippen molar-refractivity contribution >= 4 is 89.7 Å². The maximum atomic E-state index is 12.4. The molecule has 0 bridgehead atoms. The minimum atomic E-state index is -4.31. The first-order valence-corrected chi connectivity index (χ1v) is 12.6. The third-order valence-electron chi connectivity index (χ3n) is 3.51. The zero-order valence-corrected chi connectivity index (χ0v) is 20.4. The van der Waals surface area contributed by atoms with Crippen LogP contribution in [0.25, 0.3) is 0 Å². The van der Waals surface area contributed by atoms with Gasteiger partial charge in [-0.3, -0.25) is 4.18 Å². The summed E-state index contributed by atoms with van der Waals surface area (Å²) < 4.78 is 56.4. The molecular formula is C15H11Cl6NO5S2. The summed E-state index contributed by atoms with van der Waals surface area (Å²) in [6.45, 7) is 0.582. The molecule has 0 spiro atoms. The molecule has 2 rings (SSSR count). The highest BCUT2D eigenvalue weighted by Gasteiger charge is 2.24. The van der Waals surface area contributed by atoms with E-state index in [1.807, 2.05) is 0 Å². The van der Waals surface area contributed by atoms with Gasteiger partial charge in [-0.1, -0.05) is 69.6 Å². The number of sulfonamides is 1. The quantitative estimate of drug-likeness (QED) is 0.270. The van der Waals surface area contributed by atoms with Crippen LogP contribution in [0.4, 0.5) is 0 Å². The van der Waals surface area contributed by atoms with Crippen LogP contribution in [0.3, 0.4) is 0 Å². The fraction of sp³-hybridized carbons (Fsp3) is 0.200. The Balaban J connectivity index is 2.12. The van der Waals surface area contributed by atoms with E-state index in [1.165, 1.54) is 6.92 Å². The molecule has 1 N–H and O–H groups in total. The van der Waals surface area contributed by atoms with E-state index in [-0.39, 0.29) is 40.6 Å². The molecule has 0 aliphatic heterocycles. The van der Waals surface area contributed by atoms with Gasteiger partial charge in [0, 0.05) is 6.54 Å². The van der Waals surface area contributed by atoms with Crippen molar-refractivity contribution in [1.82, 2.24) is 4.72 Å². The topological polar surface area (TPSA) is 89.5 Å². The fourth-order valence-corrected chi connectivity index (χ4v) is 6.08. The van der Waals surface area contributed by atoms with Gasteiger partial charge in [0.25, 0.3) is 10.1 Å². The summed E-state index contributed by atoms with van der Waals surface area (Å²) in [5.74, 6) is 0. The Kier molecular flexibility index (Phi) is 8.40. The number of hydrogen-bond donors (Lipinski definition) is 1. The minimum absolute atomic E-state index is 0.00188. The molecule has 0 aliphatic rings. The molecule has 0 atom stereocenters. The van der Waals surface area contributed by atoms with E-state index < -0.39 is 38.2 Å². The van der Waals surface area contributed by atoms with Crippen LogP contribution >= 0.6 is 69.6 Å². The predicted molar refractivity (Wildman–Crippen MR) is 116 cm³/mol. The zero-order valence-electron chi connectivity index (χ0n) is 14.3. The molecular weight excluding hydrogens is 551 g/mol. The van der Waals surface area contributed by atoms with Crippen LogP contribution in [0.15, 0.2) is 28.0 Å². The van der Waals surface area contributed by atoms with Crippen LogP contribution in [-0.4, -0.2) is 30.0 Å². The lowest BCUT2D eigenvalue weighted by Crippen LogP contribution is -2.28. The minimum Gasteiger partial charge on any atom is -0.265 e. The second kappa shape index (κ2) is 9.65. The summed E-state index contributed by atoms with van der Waals surface area (Å²) in [6.07, 6.45) is 0. The average Bonchev–Trinajstić information content (AvgIpc) is 2.62. The standard InChI is InChI=1S/C15H11Cl6NO5S2/c1-7-14(20)11(19)6-13(15(7)21)28(23,24)22-2-3-27-29(25,26)12-5-9(17)8(16)4-10(12)18/h4-6,22H,2-3H2,1H3. The molecule has 0 unspecified atom stereocenters. The second-order valence-corrected chi connectivity index (χ2v) is 11.2. The van der Waals surface area contributed by atoms with Crippen molar-refractivity contribution < 1.29 is 21.0 Å². The van der Waals surface area contributed by atoms with E-state index in [0.717, 1.165) is 18.2 Å². The number of nitrogens with one attached hydrogen (secondary N) is 1. The van der Waals surface area contributed by atoms with Crippen molar-refractivity contribution in [3.63, 3.8) is 0 Å². The lowest BCUT2D eigenvalue weighted by atomic mass is 10.2. The number of hydrogen-bond acceptors (Lipinski definition) is 5. The summed E-state index contributed by atoms with van der Waals surface area (Å²) in [5.41, 5.74) is 0.286. The van der Waals surface area contributed by atoms with Gasteiger partial charge in [-0.25, -0.2) is 13.1 Å². The Morgan fingerprint density at radius 1 is 0.793 bits per heavy atom. The van der Waals surface area contributed by atoms with E-state index in [2.05, 4.69) is 4.72 Å². The van der Waals surface area contributed by atoms with Gasteiger partial charge in [0.05, 0.1) is 36.7 Å². The highest BCUT2D eigenvalue weighted by Crippen LogP contribution is 2.36. The average molecular weight is 562 g/mol. The largest absolute Gasteiger partial charge is 0.298 e. The van der Waals surface area contributed by atoms with E-state index in [1.54, 1.807) is 0 Å². The van der Waals surface area contributed by atoms with Gasteiger partial charge >= 0.3 is 0 Å². The summed E-state index contributed by atoms with van der Waals surface area (Å²) in [5, 5.41) is -0.146. The van der Waals surface area contributed by atoms with Gasteiger partial charge in [0.2, 0.25) is 10.0 Å². The van der Waals surface area contributed by atoms with Crippen molar-refractivity contribution in [2.24, 2.45) is 0 Å². The summed E-state index contributed by atoms with van der Waals surface area (Å²) in [4.78, 5) is -0.707. The Bertz CT molecular complexity index is 1170. The van der Waals surface area contributed by atoms with Crippen molar-refractivity contribution in [1.29, 1.82) is 0 Å². The van der Waals surface area contributed by atoms with Crippen LogP contribution in [0.1, 0.15) is 5.56 Å². The molecule has 160 valence electrons. The normalized spacial score (nSPS) is 12.4. The third-order valence-corrected chi connectivity index (χ3v) is 8.98. The molecule has 2 aromatic carbocycles. The lowest BCUT2D eigenvalue weighted by molar-refractivity contribution is 0.322. The Morgan fingerprint density at radius 3 is 1.97 bits per heavy atom. The summed E-state index contributed by atoms with van der Waals surface area (Å²) in [7, 11) is -8.43. The van der Waals surface area contributed by atoms with E-state index in [4.69, 9.17) is 73.8 Å². The highest BCUT2D eigenvalue weighted by atomic mass is 35.5. The smallest absolute Gasteiger partial charge is 0.265 e. The molecule has 6 nitrogen and oxygen atoms in total. The molecule has 0 heterocycles. The maximum absolute atomic E-state index is 12.4. The number of benzene rings is 2. The molecule has 0 aliphatic carbocycles. The van der Waals surface area contributed by atoms with Crippen molar-refractivity contribution in [2.45, 2.75) is 16.7 Å². The first kappa shape index (κ1) is 25.3. The molecule has 29 heavy (non-hydrogen) atoms. The molecule has 14 heteroatoms. The Hall–Kier alpha value is -0.000000000000000333. The Labute approximate surface area is 198 Å². The first-order valence-electron chi connectivity index (χ1n) is 7.45. The number of halogens is 6. The summed E-state index contributed by atoms with van der Waals surface area (Å²) in [6, 6.07) is 3.28. The zero-order chi connectivity index (χ0) is 22.1. The first-order chi connectivity index (χ1) is 13.3. The van der Waals surface area contributed by atoms with Crippen LogP contribution < -0.4 is 4.72 Å². The van der Waals surface area contributed by atoms with Gasteiger partial charge in [0.15, 0.2) is 0 Å². The van der Waals surface area contributed by atoms with Gasteiger partial charge in [-0.05, 0) is 30.7 Å². The van der Waals surface area contributed by atoms with Crippen LogP contribution in [-0.2, 0) is 24.3 Å². The van der Waals surface area contributed by atoms with Crippen LogP contribution in [0, 0.1) is 6.92 Å². The highest BCUT2D eigenvalue weighted by molar-refractivity contribution is 7.89. The summed E-state index contributed by atoms with van der Waals surface area (Å²) >= 11 is 35.3. The fourth-order valence-electron chi connectivity index (χ4n) is 2.06. The van der Waals surface area contributed by atoms with E-state index in [9.17, 15) is 16.8 Å². The maximum Gasteiger partial charge on any atom is 0.298 e. The lowest BCUT2D eigenvalue weighted by Gasteiger charge is -2.12. The molecule has 0 aromatic heterocycles. The molecule has 0 saturated heterocycles. The van der Waals surface area contributed by atoms with Crippen molar-refractivity contribution in [3.05, 3.63) is 53.9 Å². The number of rotatable bonds is 7. The SMILES string of the molecule is Cc1c(Cl)c(Cl)cc(S(=O)(=O)NCCOS(=O)(=O)c2cc(Cl)c(Cl)cc2Cl)c1Cl.